The van der Waals surface area contributed by atoms with Crippen molar-refractivity contribution in [2.24, 2.45) is 11.1 Å². The number of carbonyl (C=O) groups excluding carboxylic acids is 2. The number of rotatable bonds is 8. The normalized spacial score (nSPS) is 11.1. The summed E-state index contributed by atoms with van der Waals surface area (Å²) in [5.74, 6) is -0.941. The summed E-state index contributed by atoms with van der Waals surface area (Å²) in [7, 11) is 0. The van der Waals surface area contributed by atoms with Crippen LogP contribution in [-0.4, -0.2) is 29.8 Å². The van der Waals surface area contributed by atoms with Gasteiger partial charge in [-0.25, -0.2) is 4.39 Å². The zero-order valence-electron chi connectivity index (χ0n) is 18.3. The molecule has 3 N–H and O–H groups in total. The van der Waals surface area contributed by atoms with E-state index in [1.165, 1.54) is 18.2 Å². The molecule has 0 fully saturated rings. The number of halogens is 1. The molecule has 0 spiro atoms. The molecule has 0 atom stereocenters. The Balaban J connectivity index is 1.82. The summed E-state index contributed by atoms with van der Waals surface area (Å²) in [6.45, 7) is 5.06. The second kappa shape index (κ2) is 10.2. The van der Waals surface area contributed by atoms with Gasteiger partial charge in [0.05, 0.1) is 0 Å². The molecule has 0 saturated carbocycles. The molecule has 32 heavy (non-hydrogen) atoms. The largest absolute Gasteiger partial charge is 0.334 e. The fraction of sp³-hybridized carbons (Fsp3) is 0.231. The number of amides is 2. The quantitative estimate of drug-likeness (QED) is 0.540. The van der Waals surface area contributed by atoms with Gasteiger partial charge in [-0.1, -0.05) is 50.2 Å². The molecule has 0 aliphatic rings. The van der Waals surface area contributed by atoms with Crippen molar-refractivity contribution in [3.05, 3.63) is 101 Å². The van der Waals surface area contributed by atoms with E-state index in [1.54, 1.807) is 41.3 Å². The zero-order chi connectivity index (χ0) is 23.1. The Bertz CT molecular complexity index is 1080. The Labute approximate surface area is 188 Å². The van der Waals surface area contributed by atoms with Crippen molar-refractivity contribution in [1.82, 2.24) is 4.90 Å². The number of hydrogen-bond acceptors (Lipinski definition) is 3. The number of hydrogen-bond donors (Lipinski definition) is 2. The second-order valence-corrected chi connectivity index (χ2v) is 8.56. The van der Waals surface area contributed by atoms with E-state index in [0.717, 1.165) is 5.56 Å². The molecule has 2 amide bonds. The van der Waals surface area contributed by atoms with Crippen LogP contribution in [0.2, 0.25) is 0 Å². The van der Waals surface area contributed by atoms with Crippen LogP contribution >= 0.6 is 0 Å². The van der Waals surface area contributed by atoms with E-state index in [0.29, 0.717) is 30.9 Å². The second-order valence-electron chi connectivity index (χ2n) is 8.56. The van der Waals surface area contributed by atoms with Crippen LogP contribution in [0.1, 0.15) is 40.1 Å². The summed E-state index contributed by atoms with van der Waals surface area (Å²) in [4.78, 5) is 27.3. The van der Waals surface area contributed by atoms with Crippen LogP contribution in [0.5, 0.6) is 0 Å². The van der Waals surface area contributed by atoms with E-state index >= 15 is 0 Å². The van der Waals surface area contributed by atoms with Crippen molar-refractivity contribution in [2.45, 2.75) is 20.4 Å². The van der Waals surface area contributed by atoms with Gasteiger partial charge in [0, 0.05) is 29.9 Å². The van der Waals surface area contributed by atoms with Gasteiger partial charge in [0.2, 0.25) is 0 Å². The first-order chi connectivity index (χ1) is 15.3. The van der Waals surface area contributed by atoms with Crippen LogP contribution in [-0.2, 0) is 6.54 Å². The maximum Gasteiger partial charge on any atom is 0.255 e. The minimum atomic E-state index is -0.459. The Hall–Kier alpha value is -3.51. The predicted octanol–water partition coefficient (Wildman–Crippen LogP) is 4.71. The van der Waals surface area contributed by atoms with Crippen molar-refractivity contribution in [3.8, 4) is 0 Å². The molecule has 5 nitrogen and oxygen atoms in total. The first kappa shape index (κ1) is 23.2. The van der Waals surface area contributed by atoms with Crippen LogP contribution in [0.4, 0.5) is 10.1 Å². The minimum Gasteiger partial charge on any atom is -0.334 e. The maximum atomic E-state index is 13.7. The molecule has 0 heterocycles. The average molecular weight is 434 g/mol. The monoisotopic (exact) mass is 433 g/mol. The smallest absolute Gasteiger partial charge is 0.255 e. The van der Waals surface area contributed by atoms with Crippen molar-refractivity contribution in [2.75, 3.05) is 18.4 Å². The summed E-state index contributed by atoms with van der Waals surface area (Å²) in [5.41, 5.74) is 7.90. The molecule has 0 aliphatic heterocycles. The Morgan fingerprint density at radius 1 is 0.938 bits per heavy atom. The summed E-state index contributed by atoms with van der Waals surface area (Å²) < 4.78 is 13.7. The first-order valence-electron chi connectivity index (χ1n) is 10.5. The van der Waals surface area contributed by atoms with E-state index in [-0.39, 0.29) is 22.8 Å². The topological polar surface area (TPSA) is 75.4 Å². The van der Waals surface area contributed by atoms with E-state index < -0.39 is 5.82 Å². The highest BCUT2D eigenvalue weighted by Gasteiger charge is 2.25. The third kappa shape index (κ3) is 6.25. The Morgan fingerprint density at radius 3 is 2.31 bits per heavy atom. The average Bonchev–Trinajstić information content (AvgIpc) is 2.79. The Kier molecular flexibility index (Phi) is 7.38. The van der Waals surface area contributed by atoms with Crippen LogP contribution in [0, 0.1) is 11.2 Å². The van der Waals surface area contributed by atoms with Crippen LogP contribution < -0.4 is 11.1 Å². The highest BCUT2D eigenvalue weighted by atomic mass is 19.1. The fourth-order valence-corrected chi connectivity index (χ4v) is 3.35. The minimum absolute atomic E-state index is 0.209. The molecule has 0 aliphatic carbocycles. The molecular formula is C26H28FN3O2. The summed E-state index contributed by atoms with van der Waals surface area (Å²) >= 11 is 0. The van der Waals surface area contributed by atoms with Gasteiger partial charge in [-0.3, -0.25) is 9.59 Å². The molecule has 3 rings (SSSR count). The van der Waals surface area contributed by atoms with E-state index in [9.17, 15) is 14.0 Å². The van der Waals surface area contributed by atoms with E-state index in [4.69, 9.17) is 5.73 Å². The molecule has 3 aromatic rings. The molecule has 0 bridgehead atoms. The molecule has 166 valence electrons. The Morgan fingerprint density at radius 2 is 1.62 bits per heavy atom. The van der Waals surface area contributed by atoms with Gasteiger partial charge in [-0.2, -0.15) is 0 Å². The molecule has 0 unspecified atom stereocenters. The zero-order valence-corrected chi connectivity index (χ0v) is 18.3. The van der Waals surface area contributed by atoms with Gasteiger partial charge >= 0.3 is 0 Å². The molecular weight excluding hydrogens is 405 g/mol. The summed E-state index contributed by atoms with van der Waals surface area (Å²) in [6, 6.07) is 22.0. The summed E-state index contributed by atoms with van der Waals surface area (Å²) in [5, 5.41) is 2.89. The molecule has 0 aromatic heterocycles. The van der Waals surface area contributed by atoms with E-state index in [1.807, 2.05) is 38.1 Å². The van der Waals surface area contributed by atoms with Gasteiger partial charge in [-0.15, -0.1) is 0 Å². The maximum absolute atomic E-state index is 13.7. The van der Waals surface area contributed by atoms with Gasteiger partial charge < -0.3 is 16.0 Å². The molecule has 6 heteroatoms. The lowest BCUT2D eigenvalue weighted by Crippen LogP contribution is -2.41. The van der Waals surface area contributed by atoms with Gasteiger partial charge in [0.15, 0.2) is 0 Å². The number of nitrogens with two attached hydrogens (primary N) is 1. The predicted molar refractivity (Wildman–Crippen MR) is 125 cm³/mol. The van der Waals surface area contributed by atoms with Crippen molar-refractivity contribution in [1.29, 1.82) is 0 Å². The fourth-order valence-electron chi connectivity index (χ4n) is 3.35. The van der Waals surface area contributed by atoms with Gasteiger partial charge in [0.25, 0.3) is 11.8 Å². The van der Waals surface area contributed by atoms with Crippen molar-refractivity contribution >= 4 is 17.5 Å². The SMILES string of the molecule is CC(C)(CN)CN(Cc1cccc(NC(=O)c2ccccc2)c1)C(=O)c1cccc(F)c1. The van der Waals surface area contributed by atoms with E-state index in [2.05, 4.69) is 5.32 Å². The van der Waals surface area contributed by atoms with Crippen LogP contribution in [0.15, 0.2) is 78.9 Å². The van der Waals surface area contributed by atoms with Gasteiger partial charge in [-0.05, 0) is 60.0 Å². The lowest BCUT2D eigenvalue weighted by atomic mass is 9.92. The molecule has 0 saturated heterocycles. The number of benzene rings is 3. The standard InChI is InChI=1S/C26H28FN3O2/c1-26(2,17-28)18-30(25(32)21-11-7-12-22(27)15-21)16-19-8-6-13-23(14-19)29-24(31)20-9-4-3-5-10-20/h3-15H,16-18,28H2,1-2H3,(H,29,31). The molecule has 3 aromatic carbocycles. The third-order valence-corrected chi connectivity index (χ3v) is 5.12. The van der Waals surface area contributed by atoms with Gasteiger partial charge in [0.1, 0.15) is 5.82 Å². The third-order valence-electron chi connectivity index (χ3n) is 5.12. The van der Waals surface area contributed by atoms with Crippen LogP contribution in [0.3, 0.4) is 0 Å². The van der Waals surface area contributed by atoms with Crippen molar-refractivity contribution < 1.29 is 14.0 Å². The number of carbonyl (C=O) groups is 2. The number of anilines is 1. The lowest BCUT2D eigenvalue weighted by molar-refractivity contribution is 0.0672. The summed E-state index contributed by atoms with van der Waals surface area (Å²) in [6.07, 6.45) is 0. The number of nitrogens with one attached hydrogen (secondary N) is 1. The highest BCUT2D eigenvalue weighted by molar-refractivity contribution is 6.04. The number of nitrogens with zero attached hydrogens (tertiary/aromatic N) is 1. The molecule has 0 radical (unpaired) electrons. The van der Waals surface area contributed by atoms with Crippen LogP contribution in [0.25, 0.3) is 0 Å². The highest BCUT2D eigenvalue weighted by Crippen LogP contribution is 2.21. The van der Waals surface area contributed by atoms with Crippen molar-refractivity contribution in [3.63, 3.8) is 0 Å². The first-order valence-corrected chi connectivity index (χ1v) is 10.5. The lowest BCUT2D eigenvalue weighted by Gasteiger charge is -2.32.